The van der Waals surface area contributed by atoms with Crippen molar-refractivity contribution in [3.05, 3.63) is 46.5 Å². The molecule has 1 N–H and O–H groups in total. The number of aryl methyl sites for hydroxylation is 2. The third-order valence-corrected chi connectivity index (χ3v) is 4.52. The molecule has 4 heteroatoms. The highest BCUT2D eigenvalue weighted by Crippen LogP contribution is 2.49. The lowest BCUT2D eigenvalue weighted by atomic mass is 9.93. The molecule has 2 unspecified atom stereocenters. The molecule has 0 spiro atoms. The molecule has 1 aromatic carbocycles. The summed E-state index contributed by atoms with van der Waals surface area (Å²) in [4.78, 5) is 10.0. The first kappa shape index (κ1) is 13.8. The summed E-state index contributed by atoms with van der Waals surface area (Å²) in [6.07, 6.45) is 6.11. The van der Waals surface area contributed by atoms with Crippen LogP contribution in [0.25, 0.3) is 5.57 Å². The molecule has 0 saturated heterocycles. The first-order valence-electron chi connectivity index (χ1n) is 6.88. The Morgan fingerprint density at radius 3 is 2.85 bits per heavy atom. The van der Waals surface area contributed by atoms with Gasteiger partial charge in [-0.1, -0.05) is 23.8 Å². The molecule has 0 amide bonds. The summed E-state index contributed by atoms with van der Waals surface area (Å²) in [7, 11) is -1.86. The van der Waals surface area contributed by atoms with Crippen LogP contribution in [-0.4, -0.2) is 11.0 Å². The molecule has 1 aliphatic heterocycles. The zero-order chi connectivity index (χ0) is 14.3. The average Bonchev–Trinajstić information content (AvgIpc) is 2.60. The number of fused-ring (bicyclic) bond motifs is 3. The minimum absolute atomic E-state index is 0.0951. The first-order valence-corrected chi connectivity index (χ1v) is 8.01. The Hall–Kier alpha value is -1.15. The van der Waals surface area contributed by atoms with Crippen molar-refractivity contribution in [2.75, 3.05) is 0 Å². The van der Waals surface area contributed by atoms with E-state index in [0.717, 1.165) is 35.3 Å². The van der Waals surface area contributed by atoms with E-state index in [-0.39, 0.29) is 6.10 Å². The van der Waals surface area contributed by atoms with Crippen molar-refractivity contribution in [2.24, 2.45) is 0 Å². The van der Waals surface area contributed by atoms with Crippen LogP contribution in [0.5, 0.6) is 5.75 Å². The maximum Gasteiger partial charge on any atom is 0.395 e. The van der Waals surface area contributed by atoms with Gasteiger partial charge in [0.2, 0.25) is 0 Å². The Morgan fingerprint density at radius 1 is 1.25 bits per heavy atom. The Bertz CT molecular complexity index is 604. The molecule has 1 heterocycles. The van der Waals surface area contributed by atoms with Crippen LogP contribution in [0.3, 0.4) is 0 Å². The van der Waals surface area contributed by atoms with E-state index >= 15 is 0 Å². The van der Waals surface area contributed by atoms with Crippen LogP contribution in [0.4, 0.5) is 0 Å². The third kappa shape index (κ3) is 2.54. The second-order valence-electron chi connectivity index (χ2n) is 5.51. The molecule has 0 bridgehead atoms. The highest BCUT2D eigenvalue weighted by Gasteiger charge is 2.31. The van der Waals surface area contributed by atoms with Gasteiger partial charge in [-0.25, -0.2) is 0 Å². The Balaban J connectivity index is 2.21. The lowest BCUT2D eigenvalue weighted by molar-refractivity contribution is 0.217. The molecule has 0 aromatic heterocycles. The zero-order valence-corrected chi connectivity index (χ0v) is 12.9. The number of hydrogen-bond acceptors (Lipinski definition) is 3. The van der Waals surface area contributed by atoms with Crippen molar-refractivity contribution in [3.8, 4) is 5.75 Å². The molecule has 0 radical (unpaired) electrons. The van der Waals surface area contributed by atoms with Crippen LogP contribution in [0, 0.1) is 13.8 Å². The van der Waals surface area contributed by atoms with Crippen molar-refractivity contribution in [1.29, 1.82) is 0 Å². The second-order valence-corrected chi connectivity index (χ2v) is 6.38. The number of benzene rings is 1. The minimum Gasteiger partial charge on any atom is -0.426 e. The molecule has 1 aliphatic carbocycles. The SMILES string of the molecule is CC1=CCCC2OP(O)Oc3c(C)cc(C)cc3C2=C1. The summed E-state index contributed by atoms with van der Waals surface area (Å²) in [6.45, 7) is 6.19. The molecule has 2 aliphatic rings. The Labute approximate surface area is 120 Å². The predicted octanol–water partition coefficient (Wildman–Crippen LogP) is 4.42. The number of allylic oxidation sites excluding steroid dienone is 3. The normalized spacial score (nSPS) is 25.4. The highest BCUT2D eigenvalue weighted by molar-refractivity contribution is 7.41. The maximum atomic E-state index is 10.0. The fourth-order valence-electron chi connectivity index (χ4n) is 2.87. The summed E-state index contributed by atoms with van der Waals surface area (Å²) >= 11 is 0. The van der Waals surface area contributed by atoms with Gasteiger partial charge in [-0.15, -0.1) is 0 Å². The number of rotatable bonds is 0. The Kier molecular flexibility index (Phi) is 3.68. The van der Waals surface area contributed by atoms with Gasteiger partial charge in [0.25, 0.3) is 0 Å². The topological polar surface area (TPSA) is 38.7 Å². The molecule has 2 atom stereocenters. The summed E-state index contributed by atoms with van der Waals surface area (Å²) in [5, 5.41) is 0. The van der Waals surface area contributed by atoms with E-state index in [1.165, 1.54) is 11.1 Å². The molecule has 0 saturated carbocycles. The molecular formula is C16H19O3P. The van der Waals surface area contributed by atoms with Crippen LogP contribution < -0.4 is 4.52 Å². The van der Waals surface area contributed by atoms with Gasteiger partial charge < -0.3 is 9.42 Å². The standard InChI is InChI=1S/C16H19O3P/c1-10-5-4-6-15-13(8-10)14-9-11(2)7-12(3)16(14)19-20(17)18-15/h5,7-9,15,17H,4,6H2,1-3H3. The van der Waals surface area contributed by atoms with Crippen LogP contribution in [0.2, 0.25) is 0 Å². The van der Waals surface area contributed by atoms with Gasteiger partial charge in [-0.3, -0.25) is 4.52 Å². The van der Waals surface area contributed by atoms with Crippen molar-refractivity contribution in [1.82, 2.24) is 0 Å². The van der Waals surface area contributed by atoms with E-state index in [4.69, 9.17) is 9.05 Å². The summed E-state index contributed by atoms with van der Waals surface area (Å²) in [5.74, 6) is 0.757. The van der Waals surface area contributed by atoms with Crippen LogP contribution in [0.15, 0.2) is 29.9 Å². The number of hydrogen-bond donors (Lipinski definition) is 1. The highest BCUT2D eigenvalue weighted by atomic mass is 31.2. The van der Waals surface area contributed by atoms with E-state index < -0.39 is 8.60 Å². The van der Waals surface area contributed by atoms with Crippen molar-refractivity contribution in [3.63, 3.8) is 0 Å². The molecule has 3 nitrogen and oxygen atoms in total. The van der Waals surface area contributed by atoms with Crippen LogP contribution in [0.1, 0.15) is 36.5 Å². The molecule has 106 valence electrons. The van der Waals surface area contributed by atoms with E-state index in [9.17, 15) is 4.89 Å². The molecule has 20 heavy (non-hydrogen) atoms. The zero-order valence-electron chi connectivity index (χ0n) is 12.0. The molecule has 0 fully saturated rings. The minimum atomic E-state index is -1.86. The van der Waals surface area contributed by atoms with Gasteiger partial charge in [-0.2, -0.15) is 0 Å². The van der Waals surface area contributed by atoms with Gasteiger partial charge in [0.05, 0.1) is 6.10 Å². The molecule has 3 rings (SSSR count). The van der Waals surface area contributed by atoms with E-state index in [0.29, 0.717) is 0 Å². The first-order chi connectivity index (χ1) is 9.54. The molecule has 1 aromatic rings. The lowest BCUT2D eigenvalue weighted by Gasteiger charge is -2.17. The summed E-state index contributed by atoms with van der Waals surface area (Å²) in [5.41, 5.74) is 5.65. The fraction of sp³-hybridized carbons (Fsp3) is 0.375. The monoisotopic (exact) mass is 290 g/mol. The van der Waals surface area contributed by atoms with Gasteiger partial charge in [0.15, 0.2) is 0 Å². The van der Waals surface area contributed by atoms with Crippen LogP contribution in [-0.2, 0) is 4.52 Å². The third-order valence-electron chi connectivity index (χ3n) is 3.74. The fourth-order valence-corrected chi connectivity index (χ4v) is 3.75. The Morgan fingerprint density at radius 2 is 2.05 bits per heavy atom. The second kappa shape index (κ2) is 5.33. The van der Waals surface area contributed by atoms with E-state index in [1.807, 2.05) is 6.92 Å². The van der Waals surface area contributed by atoms with Gasteiger partial charge >= 0.3 is 8.60 Å². The predicted molar refractivity (Wildman–Crippen MR) is 81.5 cm³/mol. The molecular weight excluding hydrogens is 271 g/mol. The summed E-state index contributed by atoms with van der Waals surface area (Å²) in [6, 6.07) is 4.19. The van der Waals surface area contributed by atoms with Crippen molar-refractivity contribution < 1.29 is 13.9 Å². The van der Waals surface area contributed by atoms with E-state index in [2.05, 4.69) is 38.1 Å². The van der Waals surface area contributed by atoms with Crippen molar-refractivity contribution >= 4 is 14.2 Å². The largest absolute Gasteiger partial charge is 0.426 e. The lowest BCUT2D eigenvalue weighted by Crippen LogP contribution is -2.10. The smallest absolute Gasteiger partial charge is 0.395 e. The summed E-state index contributed by atoms with van der Waals surface area (Å²) < 4.78 is 11.4. The van der Waals surface area contributed by atoms with Crippen LogP contribution >= 0.6 is 8.60 Å². The maximum absolute atomic E-state index is 10.0. The van der Waals surface area contributed by atoms with Gasteiger partial charge in [0, 0.05) is 5.56 Å². The average molecular weight is 290 g/mol. The van der Waals surface area contributed by atoms with Gasteiger partial charge in [-0.05, 0) is 56.4 Å². The van der Waals surface area contributed by atoms with Gasteiger partial charge in [0.1, 0.15) is 5.75 Å². The van der Waals surface area contributed by atoms with E-state index in [1.54, 1.807) is 0 Å². The quantitative estimate of drug-likeness (QED) is 0.719. The van der Waals surface area contributed by atoms with Crippen molar-refractivity contribution in [2.45, 2.75) is 39.7 Å².